The molecule has 0 spiro atoms. The van der Waals surface area contributed by atoms with E-state index >= 15 is 0 Å². The van der Waals surface area contributed by atoms with E-state index in [2.05, 4.69) is 0 Å². The molecule has 0 aromatic heterocycles. The van der Waals surface area contributed by atoms with Gasteiger partial charge in [0, 0.05) is 13.1 Å². The summed E-state index contributed by atoms with van der Waals surface area (Å²) in [5.41, 5.74) is 0. The molecule has 19 heavy (non-hydrogen) atoms. The normalized spacial score (nSPS) is 13.5. The van der Waals surface area contributed by atoms with Gasteiger partial charge in [0.05, 0.1) is 10.8 Å². The number of aliphatic carboxylic acids is 1. The first-order valence-electron chi connectivity index (χ1n) is 5.77. The number of carbonyl (C=O) groups is 1. The van der Waals surface area contributed by atoms with E-state index in [1.54, 1.807) is 6.92 Å². The summed E-state index contributed by atoms with van der Waals surface area (Å²) < 4.78 is 38.3. The first kappa shape index (κ1) is 15.6. The predicted molar refractivity (Wildman–Crippen MR) is 67.6 cm³/mol. The van der Waals surface area contributed by atoms with Crippen molar-refractivity contribution in [1.82, 2.24) is 4.31 Å². The minimum atomic E-state index is -3.79. The second kappa shape index (κ2) is 6.12. The number of rotatable bonds is 6. The maximum atomic E-state index is 12.8. The van der Waals surface area contributed by atoms with Gasteiger partial charge in [-0.2, -0.15) is 4.31 Å². The molecule has 1 aromatic rings. The first-order valence-corrected chi connectivity index (χ1v) is 7.21. The van der Waals surface area contributed by atoms with Crippen LogP contribution in [0.25, 0.3) is 0 Å². The number of benzene rings is 1. The van der Waals surface area contributed by atoms with E-state index in [4.69, 9.17) is 5.11 Å². The van der Waals surface area contributed by atoms with E-state index in [9.17, 15) is 17.6 Å². The SMILES string of the molecule is CCN(CC(C)C(=O)O)S(=O)(=O)c1ccc(F)cc1. The maximum Gasteiger partial charge on any atom is 0.307 e. The average Bonchev–Trinajstić information content (AvgIpc) is 2.35. The van der Waals surface area contributed by atoms with Crippen molar-refractivity contribution in [2.24, 2.45) is 5.92 Å². The van der Waals surface area contributed by atoms with Crippen molar-refractivity contribution in [1.29, 1.82) is 0 Å². The Kier molecular flexibility index (Phi) is 5.02. The minimum absolute atomic E-state index is 0.0478. The number of nitrogens with zero attached hydrogens (tertiary/aromatic N) is 1. The third-order valence-corrected chi connectivity index (χ3v) is 4.66. The molecule has 1 atom stereocenters. The van der Waals surface area contributed by atoms with E-state index in [-0.39, 0.29) is 18.0 Å². The molecule has 0 aliphatic rings. The Morgan fingerprint density at radius 2 is 1.89 bits per heavy atom. The highest BCUT2D eigenvalue weighted by Crippen LogP contribution is 2.17. The van der Waals surface area contributed by atoms with Crippen LogP contribution in [0.3, 0.4) is 0 Å². The van der Waals surface area contributed by atoms with E-state index in [1.807, 2.05) is 0 Å². The Morgan fingerprint density at radius 3 is 2.32 bits per heavy atom. The van der Waals surface area contributed by atoms with Crippen molar-refractivity contribution in [3.8, 4) is 0 Å². The summed E-state index contributed by atoms with van der Waals surface area (Å²) in [5.74, 6) is -2.40. The molecule has 0 aliphatic heterocycles. The van der Waals surface area contributed by atoms with Gasteiger partial charge in [-0.25, -0.2) is 12.8 Å². The third-order valence-electron chi connectivity index (χ3n) is 2.70. The Morgan fingerprint density at radius 1 is 1.37 bits per heavy atom. The van der Waals surface area contributed by atoms with Gasteiger partial charge in [-0.15, -0.1) is 0 Å². The summed E-state index contributed by atoms with van der Waals surface area (Å²) in [5, 5.41) is 8.83. The van der Waals surface area contributed by atoms with Crippen molar-refractivity contribution in [2.45, 2.75) is 18.7 Å². The second-order valence-electron chi connectivity index (χ2n) is 4.15. The van der Waals surface area contributed by atoms with Crippen molar-refractivity contribution in [3.05, 3.63) is 30.1 Å². The van der Waals surface area contributed by atoms with Crippen LogP contribution in [0, 0.1) is 11.7 Å². The fraction of sp³-hybridized carbons (Fsp3) is 0.417. The first-order chi connectivity index (χ1) is 8.78. The quantitative estimate of drug-likeness (QED) is 0.862. The molecular weight excluding hydrogens is 273 g/mol. The van der Waals surface area contributed by atoms with E-state index in [0.717, 1.165) is 16.4 Å². The topological polar surface area (TPSA) is 74.7 Å². The Hall–Kier alpha value is -1.47. The molecule has 0 heterocycles. The largest absolute Gasteiger partial charge is 0.481 e. The number of hydrogen-bond donors (Lipinski definition) is 1. The van der Waals surface area contributed by atoms with Gasteiger partial charge in [-0.05, 0) is 24.3 Å². The molecule has 5 nitrogen and oxygen atoms in total. The number of carboxylic acid groups (broad SMARTS) is 1. The Balaban J connectivity index is 3.02. The lowest BCUT2D eigenvalue weighted by atomic mass is 10.2. The highest BCUT2D eigenvalue weighted by atomic mass is 32.2. The second-order valence-corrected chi connectivity index (χ2v) is 6.09. The van der Waals surface area contributed by atoms with Gasteiger partial charge in [0.1, 0.15) is 5.82 Å². The Bertz CT molecular complexity index is 541. The molecule has 0 bridgehead atoms. The zero-order chi connectivity index (χ0) is 14.6. The van der Waals surface area contributed by atoms with E-state index in [1.165, 1.54) is 19.1 Å². The van der Waals surface area contributed by atoms with Crippen LogP contribution < -0.4 is 0 Å². The van der Waals surface area contributed by atoms with Gasteiger partial charge in [-0.1, -0.05) is 13.8 Å². The van der Waals surface area contributed by atoms with Crippen LogP contribution in [0.4, 0.5) is 4.39 Å². The molecule has 0 saturated carbocycles. The molecule has 106 valence electrons. The maximum absolute atomic E-state index is 12.8. The molecule has 0 fully saturated rings. The number of sulfonamides is 1. The summed E-state index contributed by atoms with van der Waals surface area (Å²) >= 11 is 0. The molecule has 0 radical (unpaired) electrons. The lowest BCUT2D eigenvalue weighted by Crippen LogP contribution is -2.36. The van der Waals surface area contributed by atoms with E-state index in [0.29, 0.717) is 0 Å². The summed E-state index contributed by atoms with van der Waals surface area (Å²) in [6.07, 6.45) is 0. The summed E-state index contributed by atoms with van der Waals surface area (Å²) in [6.45, 7) is 3.09. The van der Waals surface area contributed by atoms with Gasteiger partial charge >= 0.3 is 5.97 Å². The third kappa shape index (κ3) is 3.74. The van der Waals surface area contributed by atoms with Crippen LogP contribution in [0.2, 0.25) is 0 Å². The van der Waals surface area contributed by atoms with Crippen molar-refractivity contribution in [3.63, 3.8) is 0 Å². The Labute approximate surface area is 111 Å². The van der Waals surface area contributed by atoms with Gasteiger partial charge < -0.3 is 5.11 Å². The number of halogens is 1. The van der Waals surface area contributed by atoms with Gasteiger partial charge in [-0.3, -0.25) is 4.79 Å². The van der Waals surface area contributed by atoms with Crippen LogP contribution in [0.5, 0.6) is 0 Å². The van der Waals surface area contributed by atoms with Crippen LogP contribution in [-0.4, -0.2) is 36.9 Å². The van der Waals surface area contributed by atoms with E-state index < -0.39 is 27.7 Å². The number of carboxylic acids is 1. The average molecular weight is 289 g/mol. The molecule has 1 N–H and O–H groups in total. The van der Waals surface area contributed by atoms with Crippen molar-refractivity contribution >= 4 is 16.0 Å². The van der Waals surface area contributed by atoms with Crippen LogP contribution >= 0.6 is 0 Å². The van der Waals surface area contributed by atoms with Crippen LogP contribution in [0.15, 0.2) is 29.2 Å². The predicted octanol–water partition coefficient (Wildman–Crippen LogP) is 1.56. The van der Waals surface area contributed by atoms with Crippen LogP contribution in [0.1, 0.15) is 13.8 Å². The number of hydrogen-bond acceptors (Lipinski definition) is 3. The van der Waals surface area contributed by atoms with Crippen molar-refractivity contribution < 1.29 is 22.7 Å². The fourth-order valence-corrected chi connectivity index (χ4v) is 3.07. The molecule has 7 heteroatoms. The molecule has 0 amide bonds. The zero-order valence-electron chi connectivity index (χ0n) is 10.7. The monoisotopic (exact) mass is 289 g/mol. The smallest absolute Gasteiger partial charge is 0.307 e. The molecule has 0 aliphatic carbocycles. The lowest BCUT2D eigenvalue weighted by molar-refractivity contribution is -0.141. The lowest BCUT2D eigenvalue weighted by Gasteiger charge is -2.22. The highest BCUT2D eigenvalue weighted by molar-refractivity contribution is 7.89. The minimum Gasteiger partial charge on any atom is -0.481 e. The fourth-order valence-electron chi connectivity index (χ4n) is 1.54. The van der Waals surface area contributed by atoms with Crippen molar-refractivity contribution in [2.75, 3.05) is 13.1 Å². The molecule has 1 rings (SSSR count). The summed E-state index contributed by atoms with van der Waals surface area (Å²) in [6, 6.07) is 4.44. The van der Waals surface area contributed by atoms with Gasteiger partial charge in [0.15, 0.2) is 0 Å². The standard InChI is InChI=1S/C12H16FNO4S/c1-3-14(8-9(2)12(15)16)19(17,18)11-6-4-10(13)5-7-11/h4-7,9H,3,8H2,1-2H3,(H,15,16). The highest BCUT2D eigenvalue weighted by Gasteiger charge is 2.26. The summed E-state index contributed by atoms with van der Waals surface area (Å²) in [7, 11) is -3.79. The molecule has 0 saturated heterocycles. The summed E-state index contributed by atoms with van der Waals surface area (Å²) in [4.78, 5) is 10.7. The van der Waals surface area contributed by atoms with Crippen LogP contribution in [-0.2, 0) is 14.8 Å². The molecule has 1 aromatic carbocycles. The van der Waals surface area contributed by atoms with Gasteiger partial charge in [0.25, 0.3) is 0 Å². The van der Waals surface area contributed by atoms with Gasteiger partial charge in [0.2, 0.25) is 10.0 Å². The molecule has 1 unspecified atom stereocenters. The molecular formula is C12H16FNO4S. The zero-order valence-corrected chi connectivity index (χ0v) is 11.5.